The molecule has 0 bridgehead atoms. The van der Waals surface area contributed by atoms with Gasteiger partial charge in [-0.25, -0.2) is 8.42 Å². The molecule has 3 aromatic rings. The molecule has 1 aromatic heterocycles. The Morgan fingerprint density at radius 1 is 1.16 bits per heavy atom. The highest BCUT2D eigenvalue weighted by molar-refractivity contribution is 9.10. The number of non-ortho nitro benzene ring substituents is 1. The Kier molecular flexibility index (Phi) is 6.56. The Labute approximate surface area is 185 Å². The van der Waals surface area contributed by atoms with Crippen LogP contribution in [-0.4, -0.2) is 35.8 Å². The molecule has 0 aliphatic heterocycles. The number of halogens is 1. The highest BCUT2D eigenvalue weighted by Gasteiger charge is 2.16. The van der Waals surface area contributed by atoms with Crippen LogP contribution < -0.4 is 14.8 Å². The second-order valence-corrected chi connectivity index (χ2v) is 8.67. The van der Waals surface area contributed by atoms with Gasteiger partial charge in [-0.2, -0.15) is 0 Å². The lowest BCUT2D eigenvalue weighted by atomic mass is 10.1. The van der Waals surface area contributed by atoms with Crippen molar-refractivity contribution in [1.29, 1.82) is 0 Å². The molecule has 3 rings (SSSR count). The van der Waals surface area contributed by atoms with Crippen molar-refractivity contribution in [2.24, 2.45) is 0 Å². The number of ether oxygens (including phenoxy) is 1. The Morgan fingerprint density at radius 3 is 2.45 bits per heavy atom. The number of hydrogen-bond donors (Lipinski definition) is 3. The summed E-state index contributed by atoms with van der Waals surface area (Å²) in [4.78, 5) is 10.4. The van der Waals surface area contributed by atoms with Gasteiger partial charge in [-0.05, 0) is 46.3 Å². The van der Waals surface area contributed by atoms with Crippen LogP contribution in [0.4, 0.5) is 17.2 Å². The van der Waals surface area contributed by atoms with Crippen LogP contribution >= 0.6 is 15.9 Å². The van der Waals surface area contributed by atoms with Gasteiger partial charge in [0.15, 0.2) is 5.82 Å². The van der Waals surface area contributed by atoms with Crippen LogP contribution in [0.2, 0.25) is 0 Å². The number of nitrogens with zero attached hydrogens (tertiary/aromatic N) is 3. The summed E-state index contributed by atoms with van der Waals surface area (Å²) in [6, 6.07) is 11.2. The molecule has 162 valence electrons. The first-order chi connectivity index (χ1) is 14.7. The van der Waals surface area contributed by atoms with E-state index < -0.39 is 14.9 Å². The largest absolute Gasteiger partial charge is 0.506 e. The zero-order valence-electron chi connectivity index (χ0n) is 15.9. The predicted molar refractivity (Wildman–Crippen MR) is 116 cm³/mol. The van der Waals surface area contributed by atoms with Crippen molar-refractivity contribution in [3.8, 4) is 11.6 Å². The molecular weight excluding hydrogens is 494 g/mol. The number of hydrogen-bond acceptors (Lipinski definition) is 9. The number of nitro groups is 1. The Hall–Kier alpha value is -3.45. The molecule has 11 nitrogen and oxygen atoms in total. The lowest BCUT2D eigenvalue weighted by Gasteiger charge is -2.11. The minimum absolute atomic E-state index is 0.00314. The van der Waals surface area contributed by atoms with Crippen LogP contribution in [0.15, 0.2) is 57.9 Å². The molecule has 3 N–H and O–H groups in total. The molecule has 0 spiro atoms. The molecule has 0 unspecified atom stereocenters. The topological polar surface area (TPSA) is 157 Å². The number of aromatic nitrogens is 2. The number of methoxy groups -OCH3 is 1. The minimum atomic E-state index is -3.89. The van der Waals surface area contributed by atoms with Crippen molar-refractivity contribution >= 4 is 43.1 Å². The van der Waals surface area contributed by atoms with Crippen molar-refractivity contribution in [2.75, 3.05) is 17.1 Å². The van der Waals surface area contributed by atoms with E-state index in [1.807, 2.05) is 0 Å². The van der Waals surface area contributed by atoms with E-state index in [1.54, 1.807) is 0 Å². The Bertz CT molecular complexity index is 1200. The van der Waals surface area contributed by atoms with Gasteiger partial charge < -0.3 is 15.2 Å². The molecule has 1 heterocycles. The van der Waals surface area contributed by atoms with Crippen molar-refractivity contribution in [1.82, 2.24) is 10.2 Å². The number of aromatic hydroxyl groups is 1. The molecule has 0 saturated heterocycles. The van der Waals surface area contributed by atoms with E-state index in [1.165, 1.54) is 55.6 Å². The molecule has 0 aliphatic carbocycles. The molecule has 0 aliphatic rings. The van der Waals surface area contributed by atoms with Crippen LogP contribution in [-0.2, 0) is 16.6 Å². The van der Waals surface area contributed by atoms with E-state index in [9.17, 15) is 23.6 Å². The summed E-state index contributed by atoms with van der Waals surface area (Å²) in [5.74, 6) is 0.164. The monoisotopic (exact) mass is 509 g/mol. The van der Waals surface area contributed by atoms with Gasteiger partial charge in [0.05, 0.1) is 21.4 Å². The number of anilines is 2. The minimum Gasteiger partial charge on any atom is -0.506 e. The number of rotatable bonds is 8. The zero-order valence-corrected chi connectivity index (χ0v) is 18.3. The maximum atomic E-state index is 12.5. The average Bonchev–Trinajstić information content (AvgIpc) is 2.75. The molecule has 0 amide bonds. The fraction of sp³-hybridized carbons (Fsp3) is 0.111. The second kappa shape index (κ2) is 9.14. The molecular formula is C18H16BrN5O6S. The third-order valence-electron chi connectivity index (χ3n) is 4.07. The van der Waals surface area contributed by atoms with Crippen LogP contribution in [0.1, 0.15) is 5.56 Å². The summed E-state index contributed by atoms with van der Waals surface area (Å²) in [6.45, 7) is 0.0812. The SMILES string of the molecule is COc1ccc(NS(=O)(=O)c2ccc(NCc3cc([N+](=O)[O-])cc(Br)c3O)cc2)nn1. The summed E-state index contributed by atoms with van der Waals surface area (Å²) in [5.41, 5.74) is 0.679. The quantitative estimate of drug-likeness (QED) is 0.306. The summed E-state index contributed by atoms with van der Waals surface area (Å²) < 4.78 is 32.4. The second-order valence-electron chi connectivity index (χ2n) is 6.14. The van der Waals surface area contributed by atoms with Gasteiger partial charge in [-0.15, -0.1) is 10.2 Å². The van der Waals surface area contributed by atoms with E-state index in [4.69, 9.17) is 4.74 Å². The van der Waals surface area contributed by atoms with Crippen molar-refractivity contribution in [3.05, 3.63) is 68.7 Å². The standard InChI is InChI=1S/C18H16BrN5O6S/c1-30-17-7-6-16(21-22-17)23-31(28,29)14-4-2-12(3-5-14)20-10-11-8-13(24(26)27)9-15(19)18(11)25/h2-9,20,25H,10H2,1H3,(H,21,23). The van der Waals surface area contributed by atoms with Crippen molar-refractivity contribution in [3.63, 3.8) is 0 Å². The third-order valence-corrected chi connectivity index (χ3v) is 6.05. The zero-order chi connectivity index (χ0) is 22.6. The first-order valence-corrected chi connectivity index (χ1v) is 10.9. The van der Waals surface area contributed by atoms with Gasteiger partial charge in [0, 0.05) is 36.0 Å². The smallest absolute Gasteiger partial charge is 0.271 e. The van der Waals surface area contributed by atoms with E-state index >= 15 is 0 Å². The highest BCUT2D eigenvalue weighted by atomic mass is 79.9. The summed E-state index contributed by atoms with van der Waals surface area (Å²) in [5, 5.41) is 31.5. The van der Waals surface area contributed by atoms with Gasteiger partial charge in [0.1, 0.15) is 5.75 Å². The molecule has 2 aromatic carbocycles. The fourth-order valence-corrected chi connectivity index (χ4v) is 4.00. The van der Waals surface area contributed by atoms with Gasteiger partial charge in [-0.3, -0.25) is 14.8 Å². The number of phenolic OH excluding ortho intramolecular Hbond substituents is 1. The van der Waals surface area contributed by atoms with E-state index in [2.05, 4.69) is 36.2 Å². The van der Waals surface area contributed by atoms with Crippen molar-refractivity contribution in [2.45, 2.75) is 11.4 Å². The Morgan fingerprint density at radius 2 is 1.87 bits per heavy atom. The maximum absolute atomic E-state index is 12.5. The lowest BCUT2D eigenvalue weighted by molar-refractivity contribution is -0.385. The lowest BCUT2D eigenvalue weighted by Crippen LogP contribution is -2.14. The van der Waals surface area contributed by atoms with Gasteiger partial charge >= 0.3 is 0 Å². The number of nitro benzene ring substituents is 1. The predicted octanol–water partition coefficient (Wildman–Crippen LogP) is 3.27. The van der Waals surface area contributed by atoms with E-state index in [0.717, 1.165) is 0 Å². The van der Waals surface area contributed by atoms with Gasteiger partial charge in [0.25, 0.3) is 15.7 Å². The number of nitrogens with one attached hydrogen (secondary N) is 2. The normalized spacial score (nSPS) is 11.0. The summed E-state index contributed by atoms with van der Waals surface area (Å²) in [7, 11) is -2.47. The van der Waals surface area contributed by atoms with Crippen molar-refractivity contribution < 1.29 is 23.2 Å². The van der Waals surface area contributed by atoms with Crippen LogP contribution in [0.5, 0.6) is 11.6 Å². The summed E-state index contributed by atoms with van der Waals surface area (Å²) in [6.07, 6.45) is 0. The maximum Gasteiger partial charge on any atom is 0.271 e. The number of benzene rings is 2. The third kappa shape index (κ3) is 5.38. The fourth-order valence-electron chi connectivity index (χ4n) is 2.51. The molecule has 0 radical (unpaired) electrons. The average molecular weight is 510 g/mol. The summed E-state index contributed by atoms with van der Waals surface area (Å²) >= 11 is 3.09. The first kappa shape index (κ1) is 22.2. The first-order valence-electron chi connectivity index (χ1n) is 8.60. The van der Waals surface area contributed by atoms with E-state index in [-0.39, 0.29) is 39.0 Å². The van der Waals surface area contributed by atoms with Gasteiger partial charge in [0.2, 0.25) is 5.88 Å². The molecule has 0 fully saturated rings. The molecule has 31 heavy (non-hydrogen) atoms. The van der Waals surface area contributed by atoms with Gasteiger partial charge in [-0.1, -0.05) is 0 Å². The molecule has 0 saturated carbocycles. The van der Waals surface area contributed by atoms with Crippen LogP contribution in [0.3, 0.4) is 0 Å². The van der Waals surface area contributed by atoms with Crippen LogP contribution in [0, 0.1) is 10.1 Å². The number of phenols is 1. The molecule has 13 heteroatoms. The van der Waals surface area contributed by atoms with E-state index in [0.29, 0.717) is 11.3 Å². The highest BCUT2D eigenvalue weighted by Crippen LogP contribution is 2.33. The molecule has 0 atom stereocenters. The van der Waals surface area contributed by atoms with Crippen LogP contribution in [0.25, 0.3) is 0 Å². The number of sulfonamides is 1. The Balaban J connectivity index is 1.70.